The van der Waals surface area contributed by atoms with Gasteiger partial charge in [-0.3, -0.25) is 9.59 Å². The normalized spacial score (nSPS) is 10.3. The van der Waals surface area contributed by atoms with Crippen molar-refractivity contribution in [3.63, 3.8) is 0 Å². The molecule has 0 bridgehead atoms. The van der Waals surface area contributed by atoms with Gasteiger partial charge in [-0.2, -0.15) is 0 Å². The number of hydrogen-bond donors (Lipinski definition) is 0. The van der Waals surface area contributed by atoms with Crippen LogP contribution in [0, 0.1) is 5.82 Å². The molecule has 1 aromatic carbocycles. The number of unbranched alkanes of at least 4 members (excludes halogenated alkanes) is 1. The molecule has 0 unspecified atom stereocenters. The Morgan fingerprint density at radius 2 is 1.95 bits per heavy atom. The molecule has 0 radical (unpaired) electrons. The summed E-state index contributed by atoms with van der Waals surface area (Å²) in [7, 11) is 0. The molecular formula is C14H16ClFO3. The fourth-order valence-corrected chi connectivity index (χ4v) is 1.91. The van der Waals surface area contributed by atoms with Crippen molar-refractivity contribution in [1.82, 2.24) is 0 Å². The molecule has 1 rings (SSSR count). The quantitative estimate of drug-likeness (QED) is 0.435. The van der Waals surface area contributed by atoms with E-state index in [0.717, 1.165) is 6.07 Å². The first-order valence-corrected chi connectivity index (χ1v) is 6.56. The van der Waals surface area contributed by atoms with Crippen LogP contribution in [-0.2, 0) is 9.53 Å². The number of rotatable bonds is 7. The van der Waals surface area contributed by atoms with Gasteiger partial charge in [0.2, 0.25) is 0 Å². The minimum absolute atomic E-state index is 0.121. The fourth-order valence-electron chi connectivity index (χ4n) is 1.64. The predicted octanol–water partition coefficient (Wildman–Crippen LogP) is 3.79. The van der Waals surface area contributed by atoms with Gasteiger partial charge in [-0.05, 0) is 38.0 Å². The van der Waals surface area contributed by atoms with Gasteiger partial charge in [-0.25, -0.2) is 4.39 Å². The minimum Gasteiger partial charge on any atom is -0.466 e. The van der Waals surface area contributed by atoms with Gasteiger partial charge in [0.25, 0.3) is 0 Å². The fraction of sp³-hybridized carbons (Fsp3) is 0.429. The van der Waals surface area contributed by atoms with Gasteiger partial charge in [0.15, 0.2) is 5.78 Å². The van der Waals surface area contributed by atoms with Crippen LogP contribution < -0.4 is 0 Å². The number of benzene rings is 1. The summed E-state index contributed by atoms with van der Waals surface area (Å²) in [6, 6.07) is 3.70. The summed E-state index contributed by atoms with van der Waals surface area (Å²) in [5.41, 5.74) is 0.319. The largest absolute Gasteiger partial charge is 0.466 e. The zero-order valence-electron chi connectivity index (χ0n) is 10.7. The summed E-state index contributed by atoms with van der Waals surface area (Å²) < 4.78 is 17.6. The predicted molar refractivity (Wildman–Crippen MR) is 70.8 cm³/mol. The van der Waals surface area contributed by atoms with Crippen LogP contribution in [0.1, 0.15) is 43.0 Å². The van der Waals surface area contributed by atoms with Crippen molar-refractivity contribution in [2.75, 3.05) is 6.61 Å². The third kappa shape index (κ3) is 5.39. The lowest BCUT2D eigenvalue weighted by molar-refractivity contribution is -0.143. The first-order chi connectivity index (χ1) is 9.04. The van der Waals surface area contributed by atoms with E-state index in [1.54, 1.807) is 6.92 Å². The SMILES string of the molecule is CCOC(=O)CCCCC(=O)c1ccc(F)cc1Cl. The minimum atomic E-state index is -0.469. The lowest BCUT2D eigenvalue weighted by Crippen LogP contribution is -2.05. The molecule has 0 aliphatic carbocycles. The van der Waals surface area contributed by atoms with Crippen LogP contribution in [0.5, 0.6) is 0 Å². The van der Waals surface area contributed by atoms with E-state index in [9.17, 15) is 14.0 Å². The summed E-state index contributed by atoms with van der Waals surface area (Å²) in [6.07, 6.45) is 1.75. The third-order valence-corrected chi connectivity index (χ3v) is 2.88. The van der Waals surface area contributed by atoms with Crippen molar-refractivity contribution in [2.24, 2.45) is 0 Å². The maximum absolute atomic E-state index is 12.8. The second-order valence-electron chi connectivity index (χ2n) is 4.06. The highest BCUT2D eigenvalue weighted by molar-refractivity contribution is 6.33. The van der Waals surface area contributed by atoms with Crippen LogP contribution in [0.4, 0.5) is 4.39 Å². The molecule has 0 atom stereocenters. The molecule has 0 spiro atoms. The van der Waals surface area contributed by atoms with Crippen molar-refractivity contribution in [1.29, 1.82) is 0 Å². The van der Waals surface area contributed by atoms with Crippen LogP contribution in [0.2, 0.25) is 5.02 Å². The van der Waals surface area contributed by atoms with E-state index >= 15 is 0 Å². The molecule has 0 saturated carbocycles. The molecule has 5 heteroatoms. The number of carbonyl (C=O) groups excluding carboxylic acids is 2. The van der Waals surface area contributed by atoms with Gasteiger partial charge in [0.1, 0.15) is 5.82 Å². The van der Waals surface area contributed by atoms with Crippen LogP contribution in [0.3, 0.4) is 0 Å². The second kappa shape index (κ2) is 7.89. The van der Waals surface area contributed by atoms with Crippen LogP contribution in [0.15, 0.2) is 18.2 Å². The van der Waals surface area contributed by atoms with Gasteiger partial charge in [-0.1, -0.05) is 11.6 Å². The second-order valence-corrected chi connectivity index (χ2v) is 4.47. The summed E-state index contributed by atoms with van der Waals surface area (Å²) in [4.78, 5) is 22.9. The Morgan fingerprint density at radius 1 is 1.26 bits per heavy atom. The number of carbonyl (C=O) groups is 2. The van der Waals surface area contributed by atoms with E-state index in [-0.39, 0.29) is 23.2 Å². The highest BCUT2D eigenvalue weighted by Crippen LogP contribution is 2.19. The van der Waals surface area contributed by atoms with Crippen molar-refractivity contribution in [3.05, 3.63) is 34.6 Å². The molecule has 3 nitrogen and oxygen atoms in total. The summed E-state index contributed by atoms with van der Waals surface area (Å²) >= 11 is 5.79. The Labute approximate surface area is 116 Å². The molecule has 0 N–H and O–H groups in total. The number of ether oxygens (including phenoxy) is 1. The monoisotopic (exact) mass is 286 g/mol. The smallest absolute Gasteiger partial charge is 0.305 e. The number of Topliss-reactive ketones (excluding diaryl/α,β-unsaturated/α-hetero) is 1. The van der Waals surface area contributed by atoms with Crippen LogP contribution in [-0.4, -0.2) is 18.4 Å². The van der Waals surface area contributed by atoms with Gasteiger partial charge in [-0.15, -0.1) is 0 Å². The molecule has 0 aliphatic rings. The molecule has 0 amide bonds. The van der Waals surface area contributed by atoms with Crippen molar-refractivity contribution in [2.45, 2.75) is 32.6 Å². The maximum Gasteiger partial charge on any atom is 0.305 e. The molecule has 104 valence electrons. The third-order valence-electron chi connectivity index (χ3n) is 2.57. The molecule has 0 saturated heterocycles. The van der Waals surface area contributed by atoms with E-state index in [1.807, 2.05) is 0 Å². The van der Waals surface area contributed by atoms with E-state index < -0.39 is 5.82 Å². The number of hydrogen-bond acceptors (Lipinski definition) is 3. The summed E-state index contributed by atoms with van der Waals surface area (Å²) in [5, 5.41) is 0.121. The zero-order chi connectivity index (χ0) is 14.3. The number of halogens is 2. The highest BCUT2D eigenvalue weighted by Gasteiger charge is 2.11. The van der Waals surface area contributed by atoms with Crippen molar-refractivity contribution in [3.8, 4) is 0 Å². The molecule has 0 aliphatic heterocycles. The van der Waals surface area contributed by atoms with E-state index in [4.69, 9.17) is 16.3 Å². The summed E-state index contributed by atoms with van der Waals surface area (Å²) in [5.74, 6) is -0.868. The summed E-state index contributed by atoms with van der Waals surface area (Å²) in [6.45, 7) is 2.11. The molecule has 0 fully saturated rings. The van der Waals surface area contributed by atoms with Gasteiger partial charge >= 0.3 is 5.97 Å². The molecular weight excluding hydrogens is 271 g/mol. The standard InChI is InChI=1S/C14H16ClFO3/c1-2-19-14(18)6-4-3-5-13(17)11-8-7-10(16)9-12(11)15/h7-9H,2-6H2,1H3. The Balaban J connectivity index is 2.37. The van der Waals surface area contributed by atoms with Gasteiger partial charge in [0, 0.05) is 18.4 Å². The maximum atomic E-state index is 12.8. The molecule has 0 heterocycles. The van der Waals surface area contributed by atoms with Gasteiger partial charge < -0.3 is 4.74 Å². The Kier molecular flexibility index (Phi) is 6.50. The van der Waals surface area contributed by atoms with Crippen molar-refractivity contribution >= 4 is 23.4 Å². The Morgan fingerprint density at radius 3 is 2.58 bits per heavy atom. The number of ketones is 1. The van der Waals surface area contributed by atoms with Crippen LogP contribution >= 0.6 is 11.6 Å². The molecule has 0 aromatic heterocycles. The Hall–Kier alpha value is -1.42. The average molecular weight is 287 g/mol. The van der Waals surface area contributed by atoms with Crippen molar-refractivity contribution < 1.29 is 18.7 Å². The van der Waals surface area contributed by atoms with Gasteiger partial charge in [0.05, 0.1) is 11.6 Å². The lowest BCUT2D eigenvalue weighted by atomic mass is 10.0. The molecule has 19 heavy (non-hydrogen) atoms. The zero-order valence-corrected chi connectivity index (χ0v) is 11.5. The Bertz CT molecular complexity index is 460. The van der Waals surface area contributed by atoms with E-state index in [2.05, 4.69) is 0 Å². The lowest BCUT2D eigenvalue weighted by Gasteiger charge is -2.04. The van der Waals surface area contributed by atoms with E-state index in [0.29, 0.717) is 31.4 Å². The van der Waals surface area contributed by atoms with E-state index in [1.165, 1.54) is 12.1 Å². The first-order valence-electron chi connectivity index (χ1n) is 6.18. The molecule has 1 aromatic rings. The first kappa shape index (κ1) is 15.6. The topological polar surface area (TPSA) is 43.4 Å². The van der Waals surface area contributed by atoms with Crippen LogP contribution in [0.25, 0.3) is 0 Å². The number of esters is 1. The highest BCUT2D eigenvalue weighted by atomic mass is 35.5. The average Bonchev–Trinajstić information content (AvgIpc) is 2.34.